The van der Waals surface area contributed by atoms with E-state index in [4.69, 9.17) is 41.7 Å². The third-order valence-electron chi connectivity index (χ3n) is 5.24. The second-order valence-corrected chi connectivity index (χ2v) is 24.5. The molecule has 1 aromatic rings. The van der Waals surface area contributed by atoms with Crippen molar-refractivity contribution in [1.29, 1.82) is 10.5 Å². The summed E-state index contributed by atoms with van der Waals surface area (Å²) in [5.74, 6) is 5.09. The van der Waals surface area contributed by atoms with Crippen molar-refractivity contribution >= 4 is 153 Å². The predicted octanol–water partition coefficient (Wildman–Crippen LogP) is 10.9. The third kappa shape index (κ3) is 15.2. The van der Waals surface area contributed by atoms with Crippen LogP contribution in [0.1, 0.15) is 12.8 Å². The maximum absolute atomic E-state index is 9.09. The lowest BCUT2D eigenvalue weighted by atomic mass is 10.6. The van der Waals surface area contributed by atoms with Gasteiger partial charge in [0.05, 0.1) is 98.8 Å². The van der Waals surface area contributed by atoms with E-state index < -0.39 is 0 Å². The molecule has 252 valence electrons. The van der Waals surface area contributed by atoms with E-state index in [1.807, 2.05) is 94.1 Å². The topological polar surface area (TPSA) is 84.5 Å². The molecule has 1 aromatic heterocycles. The largest absolute Gasteiger partial charge is 0.378 e. The molecule has 0 atom stereocenters. The average molecular weight is 865 g/mol. The standard InChI is InChI=1S/C27H32N2O4S13/c28-3-1-13-35-19-21-37-15-9-30-5-7-32-11-17-39-23-24(46-27(34)45-23)40-18-12-33-8-6-31-10-16-38-22-20(36-14-2-4-29)42-26(44-22)25(41-19)43-21/h1-2,5-18H2/b26-25+. The highest BCUT2D eigenvalue weighted by atomic mass is 32.3. The van der Waals surface area contributed by atoms with E-state index in [1.165, 1.54) is 33.8 Å². The Morgan fingerprint density at radius 2 is 0.935 bits per heavy atom. The van der Waals surface area contributed by atoms with Crippen molar-refractivity contribution in [1.82, 2.24) is 0 Å². The Labute approximate surface area is 327 Å². The van der Waals surface area contributed by atoms with Gasteiger partial charge in [0.1, 0.15) is 3.14 Å². The molecule has 0 saturated carbocycles. The van der Waals surface area contributed by atoms with Crippen molar-refractivity contribution in [3.05, 3.63) is 28.6 Å². The van der Waals surface area contributed by atoms with Gasteiger partial charge in [-0.2, -0.15) is 10.5 Å². The van der Waals surface area contributed by atoms with Crippen LogP contribution in [0.25, 0.3) is 0 Å². The maximum Gasteiger partial charge on any atom is 0.145 e. The SMILES string of the molecule is N#CCCSC1=C2SCCOCCOCCSc3sc(=S)sc3SCCOCCOCCSC3=C(SCCC#N)S/C(=C(/S1)S2)S3. The van der Waals surface area contributed by atoms with Crippen molar-refractivity contribution in [2.45, 2.75) is 21.3 Å². The summed E-state index contributed by atoms with van der Waals surface area (Å²) in [4.78, 5) is 0. The molecule has 0 fully saturated rings. The van der Waals surface area contributed by atoms with Gasteiger partial charge in [0, 0.05) is 47.4 Å². The monoisotopic (exact) mass is 864 g/mol. The van der Waals surface area contributed by atoms with Crippen LogP contribution >= 0.6 is 153 Å². The molecule has 0 unspecified atom stereocenters. The molecular weight excluding hydrogens is 833 g/mol. The Morgan fingerprint density at radius 1 is 0.543 bits per heavy atom. The molecule has 0 amide bonds. The highest BCUT2D eigenvalue weighted by Gasteiger charge is 2.31. The number of hydrogen-bond acceptors (Lipinski definition) is 19. The second kappa shape index (κ2) is 24.9. The molecular formula is C27H32N2O4S13. The number of rotatable bonds is 6. The minimum absolute atomic E-state index is 0.535. The van der Waals surface area contributed by atoms with Gasteiger partial charge in [0.25, 0.3) is 0 Å². The van der Waals surface area contributed by atoms with Gasteiger partial charge in [0.2, 0.25) is 0 Å². The molecule has 0 saturated heterocycles. The number of hydrogen-bond donors (Lipinski definition) is 0. The Kier molecular flexibility index (Phi) is 22.0. The van der Waals surface area contributed by atoms with Crippen molar-refractivity contribution < 1.29 is 18.9 Å². The zero-order valence-electron chi connectivity index (χ0n) is 24.6. The quantitative estimate of drug-likeness (QED) is 0.201. The Bertz CT molecular complexity index is 1250. The Balaban J connectivity index is 1.35. The number of nitrogens with zero attached hydrogens (tertiary/aromatic N) is 2. The molecule has 4 rings (SSSR count). The van der Waals surface area contributed by atoms with Crippen LogP contribution < -0.4 is 0 Å². The fourth-order valence-corrected chi connectivity index (χ4v) is 20.9. The summed E-state index contributed by atoms with van der Waals surface area (Å²) < 4.78 is 34.7. The van der Waals surface area contributed by atoms with Gasteiger partial charge < -0.3 is 18.9 Å². The molecule has 4 heterocycles. The van der Waals surface area contributed by atoms with Crippen molar-refractivity contribution in [3.63, 3.8) is 0 Å². The van der Waals surface area contributed by atoms with Gasteiger partial charge in [-0.05, 0) is 0 Å². The predicted molar refractivity (Wildman–Crippen MR) is 219 cm³/mol. The van der Waals surface area contributed by atoms with Crippen LogP contribution in [0, 0.1) is 25.8 Å². The van der Waals surface area contributed by atoms with Crippen molar-refractivity contribution in [3.8, 4) is 12.1 Å². The summed E-state index contributed by atoms with van der Waals surface area (Å²) in [6.45, 7) is 5.02. The first-order chi connectivity index (χ1) is 22.7. The van der Waals surface area contributed by atoms with Crippen molar-refractivity contribution in [2.24, 2.45) is 0 Å². The highest BCUT2D eigenvalue weighted by Crippen LogP contribution is 2.66. The van der Waals surface area contributed by atoms with E-state index in [-0.39, 0.29) is 0 Å². The van der Waals surface area contributed by atoms with Crippen LogP contribution in [0.3, 0.4) is 0 Å². The summed E-state index contributed by atoms with van der Waals surface area (Å²) in [5, 5.41) is 18.2. The van der Waals surface area contributed by atoms with Gasteiger partial charge in [-0.3, -0.25) is 0 Å². The van der Waals surface area contributed by atoms with Gasteiger partial charge >= 0.3 is 0 Å². The van der Waals surface area contributed by atoms with E-state index in [2.05, 4.69) is 12.1 Å². The first-order valence-corrected chi connectivity index (χ1v) is 25.3. The highest BCUT2D eigenvalue weighted by molar-refractivity contribution is 8.45. The summed E-state index contributed by atoms with van der Waals surface area (Å²) in [7, 11) is 0. The number of thioether (sulfide) groups is 10. The van der Waals surface area contributed by atoms with Crippen LogP contribution in [0.5, 0.6) is 0 Å². The molecule has 4 bridgehead atoms. The molecule has 19 heteroatoms. The Hall–Kier alpha value is 1.81. The average Bonchev–Trinajstić information content (AvgIpc) is 3.75. The first-order valence-electron chi connectivity index (χ1n) is 14.1. The molecule has 0 N–H and O–H groups in total. The van der Waals surface area contributed by atoms with Gasteiger partial charge in [-0.25, -0.2) is 0 Å². The minimum Gasteiger partial charge on any atom is -0.378 e. The third-order valence-corrected chi connectivity index (χ3v) is 22.3. The summed E-state index contributed by atoms with van der Waals surface area (Å²) >= 11 is 27.0. The van der Waals surface area contributed by atoms with Crippen LogP contribution in [0.2, 0.25) is 0 Å². The zero-order chi connectivity index (χ0) is 32.2. The van der Waals surface area contributed by atoms with E-state index in [0.717, 1.165) is 37.7 Å². The van der Waals surface area contributed by atoms with Crippen LogP contribution in [-0.2, 0) is 18.9 Å². The molecule has 3 aliphatic rings. The van der Waals surface area contributed by atoms with Crippen LogP contribution in [-0.4, -0.2) is 87.4 Å². The lowest BCUT2D eigenvalue weighted by Gasteiger charge is -2.08. The molecule has 0 aliphatic carbocycles. The summed E-state index contributed by atoms with van der Waals surface area (Å²) in [6, 6.07) is 4.54. The number of nitriles is 2. The van der Waals surface area contributed by atoms with Gasteiger partial charge in [-0.1, -0.05) is 59.3 Å². The van der Waals surface area contributed by atoms with Crippen LogP contribution in [0.4, 0.5) is 0 Å². The Morgan fingerprint density at radius 3 is 1.33 bits per heavy atom. The zero-order valence-corrected chi connectivity index (χ0v) is 35.3. The second-order valence-electron chi connectivity index (χ2n) is 8.52. The van der Waals surface area contributed by atoms with Crippen molar-refractivity contribution in [2.75, 3.05) is 87.4 Å². The minimum atomic E-state index is 0.535. The lowest BCUT2D eigenvalue weighted by Crippen LogP contribution is -2.08. The van der Waals surface area contributed by atoms with E-state index in [0.29, 0.717) is 65.7 Å². The molecule has 0 spiro atoms. The van der Waals surface area contributed by atoms with E-state index in [1.54, 1.807) is 46.2 Å². The fraction of sp³-hybridized carbons (Fsp3) is 0.593. The maximum atomic E-state index is 9.09. The molecule has 0 aromatic carbocycles. The van der Waals surface area contributed by atoms with Gasteiger partial charge in [0.15, 0.2) is 0 Å². The molecule has 0 radical (unpaired) electrons. The van der Waals surface area contributed by atoms with Gasteiger partial charge in [-0.15, -0.1) is 93.2 Å². The molecule has 3 aliphatic heterocycles. The van der Waals surface area contributed by atoms with E-state index in [9.17, 15) is 0 Å². The normalized spacial score (nSPS) is 22.1. The first kappa shape index (κ1) is 40.6. The van der Waals surface area contributed by atoms with E-state index >= 15 is 0 Å². The molecule has 6 nitrogen and oxygen atoms in total. The summed E-state index contributed by atoms with van der Waals surface area (Å²) in [5.41, 5.74) is 0. The number of fused-ring (bicyclic) bond motifs is 5. The fourth-order valence-electron chi connectivity index (χ4n) is 3.29. The smallest absolute Gasteiger partial charge is 0.145 e. The lowest BCUT2D eigenvalue weighted by molar-refractivity contribution is 0.0605. The summed E-state index contributed by atoms with van der Waals surface area (Å²) in [6.07, 6.45) is 1.07. The molecule has 46 heavy (non-hydrogen) atoms. The number of ether oxygens (including phenoxy) is 4. The van der Waals surface area contributed by atoms with Crippen LogP contribution in [0.15, 0.2) is 33.8 Å².